The van der Waals surface area contributed by atoms with Crippen molar-refractivity contribution in [3.63, 3.8) is 0 Å². The van der Waals surface area contributed by atoms with Crippen LogP contribution in [-0.4, -0.2) is 0 Å². The molecule has 4 aliphatic rings. The molecule has 9 aromatic rings. The second kappa shape index (κ2) is 17.0. The summed E-state index contributed by atoms with van der Waals surface area (Å²) in [4.78, 5) is 0. The van der Waals surface area contributed by atoms with E-state index in [9.17, 15) is 0 Å². The van der Waals surface area contributed by atoms with Gasteiger partial charge in [-0.3, -0.25) is 0 Å². The maximum absolute atomic E-state index is 6.98. The Hall–Kier alpha value is -7.82. The van der Waals surface area contributed by atoms with Crippen LogP contribution in [0.5, 0.6) is 46.0 Å². The molecule has 70 heavy (non-hydrogen) atoms. The SMILES string of the molecule is CCc1ccc2c(c1-c1ccc(-c3c(CC)ccc4c3Cc3ccccc3O4)c(-c3c(CC)ccc4c3Cc3ccccc3O4)c1-c1c(CC)ccc3c1Cc1ccccc1O3)Cc1ccccc1O2. The molecule has 0 fully saturated rings. The highest BCUT2D eigenvalue weighted by Crippen LogP contribution is 2.58. The Morgan fingerprint density at radius 1 is 0.257 bits per heavy atom. The number of benzene rings is 9. The lowest BCUT2D eigenvalue weighted by atomic mass is 9.73. The van der Waals surface area contributed by atoms with Crippen LogP contribution in [0.2, 0.25) is 0 Å². The zero-order chi connectivity index (χ0) is 47.0. The fraction of sp³-hybridized carbons (Fsp3) is 0.182. The summed E-state index contributed by atoms with van der Waals surface area (Å²) in [6, 6.07) is 57.2. The first-order valence-corrected chi connectivity index (χ1v) is 25.3. The smallest absolute Gasteiger partial charge is 0.131 e. The highest BCUT2D eigenvalue weighted by atomic mass is 16.5. The van der Waals surface area contributed by atoms with E-state index in [-0.39, 0.29) is 0 Å². The molecule has 0 amide bonds. The highest BCUT2D eigenvalue weighted by molar-refractivity contribution is 6.07. The van der Waals surface area contributed by atoms with Crippen molar-refractivity contribution >= 4 is 0 Å². The average Bonchev–Trinajstić information content (AvgIpc) is 3.41. The maximum Gasteiger partial charge on any atom is 0.131 e. The molecule has 0 aliphatic carbocycles. The molecule has 0 radical (unpaired) electrons. The summed E-state index contributed by atoms with van der Waals surface area (Å²) >= 11 is 0. The number of para-hydroxylation sites is 4. The standard InChI is InChI=1S/C66H54O4/c1-5-39-25-31-57-49(35-43-17-9-13-21-53(43)67-57)61(39)47-29-30-48(62-40(6-2)26-32-58-50(62)36-44-18-10-14-22-54(44)68-58)66(64-42(8-4)28-34-60-52(64)38-46-20-12-16-24-56(46)70-60)65(47)63-41(7-3)27-33-59-51(63)37-45-19-11-15-23-55(45)69-59/h9-34H,5-8,35-38H2,1-4H3. The van der Waals surface area contributed by atoms with Gasteiger partial charge in [-0.2, -0.15) is 0 Å². The Labute approximate surface area is 411 Å². The number of aryl methyl sites for hydroxylation is 4. The second-order valence-electron chi connectivity index (χ2n) is 19.2. The van der Waals surface area contributed by atoms with Crippen molar-refractivity contribution in [3.05, 3.63) is 224 Å². The van der Waals surface area contributed by atoms with Gasteiger partial charge in [-0.1, -0.05) is 137 Å². The summed E-state index contributed by atoms with van der Waals surface area (Å²) < 4.78 is 27.7. The summed E-state index contributed by atoms with van der Waals surface area (Å²) in [6.45, 7) is 9.21. The molecular formula is C66H54O4. The molecule has 0 spiro atoms. The minimum Gasteiger partial charge on any atom is -0.457 e. The molecule has 0 unspecified atom stereocenters. The van der Waals surface area contributed by atoms with Crippen LogP contribution >= 0.6 is 0 Å². The lowest BCUT2D eigenvalue weighted by Gasteiger charge is -2.33. The molecule has 0 N–H and O–H groups in total. The zero-order valence-corrected chi connectivity index (χ0v) is 40.3. The van der Waals surface area contributed by atoms with Crippen LogP contribution in [0, 0.1) is 0 Å². The number of hydrogen-bond donors (Lipinski definition) is 0. The Morgan fingerprint density at radius 2 is 0.514 bits per heavy atom. The molecule has 0 saturated carbocycles. The summed E-state index contributed by atoms with van der Waals surface area (Å²) in [7, 11) is 0. The summed E-state index contributed by atoms with van der Waals surface area (Å²) in [5, 5.41) is 0. The minimum absolute atomic E-state index is 0.747. The van der Waals surface area contributed by atoms with Gasteiger partial charge in [-0.25, -0.2) is 0 Å². The number of ether oxygens (including phenoxy) is 4. The van der Waals surface area contributed by atoms with E-state index in [0.717, 1.165) is 97.4 Å². The van der Waals surface area contributed by atoms with Crippen LogP contribution in [0.25, 0.3) is 44.5 Å². The van der Waals surface area contributed by atoms with Crippen molar-refractivity contribution in [2.45, 2.75) is 79.1 Å². The summed E-state index contributed by atoms with van der Waals surface area (Å²) in [5.74, 6) is 7.36. The van der Waals surface area contributed by atoms with Crippen LogP contribution in [0.4, 0.5) is 0 Å². The lowest BCUT2D eigenvalue weighted by Crippen LogP contribution is -2.12. The van der Waals surface area contributed by atoms with E-state index in [1.807, 2.05) is 0 Å². The van der Waals surface area contributed by atoms with Gasteiger partial charge >= 0.3 is 0 Å². The van der Waals surface area contributed by atoms with E-state index in [2.05, 4.69) is 185 Å². The molecule has 0 aromatic heterocycles. The third-order valence-corrected chi connectivity index (χ3v) is 15.4. The van der Waals surface area contributed by atoms with Gasteiger partial charge in [0.25, 0.3) is 0 Å². The molecular weight excluding hydrogens is 857 g/mol. The first-order chi connectivity index (χ1) is 34.5. The molecule has 4 nitrogen and oxygen atoms in total. The van der Waals surface area contributed by atoms with Gasteiger partial charge in [0.2, 0.25) is 0 Å². The third-order valence-electron chi connectivity index (χ3n) is 15.4. The largest absolute Gasteiger partial charge is 0.457 e. The molecule has 0 bridgehead atoms. The molecule has 342 valence electrons. The van der Waals surface area contributed by atoms with E-state index >= 15 is 0 Å². The topological polar surface area (TPSA) is 36.9 Å². The zero-order valence-electron chi connectivity index (χ0n) is 40.3. The molecule has 4 heteroatoms. The Bertz CT molecular complexity index is 3380. The fourth-order valence-corrected chi connectivity index (χ4v) is 12.0. The van der Waals surface area contributed by atoms with E-state index in [4.69, 9.17) is 18.9 Å². The Balaban J connectivity index is 1.22. The maximum atomic E-state index is 6.98. The number of fused-ring (bicyclic) bond motifs is 8. The van der Waals surface area contributed by atoms with Crippen molar-refractivity contribution in [2.24, 2.45) is 0 Å². The van der Waals surface area contributed by atoms with Crippen LogP contribution in [0.15, 0.2) is 158 Å². The van der Waals surface area contributed by atoms with E-state index < -0.39 is 0 Å². The second-order valence-corrected chi connectivity index (χ2v) is 19.2. The van der Waals surface area contributed by atoms with E-state index in [0.29, 0.717) is 0 Å². The Kier molecular flexibility index (Phi) is 10.3. The number of rotatable bonds is 8. The number of hydrogen-bond acceptors (Lipinski definition) is 4. The van der Waals surface area contributed by atoms with Crippen LogP contribution in [0.3, 0.4) is 0 Å². The van der Waals surface area contributed by atoms with Crippen LogP contribution in [-0.2, 0) is 51.4 Å². The predicted octanol–water partition coefficient (Wildman–Crippen LogP) is 17.4. The molecule has 0 saturated heterocycles. The third kappa shape index (κ3) is 6.71. The minimum atomic E-state index is 0.747. The van der Waals surface area contributed by atoms with Gasteiger partial charge in [-0.15, -0.1) is 0 Å². The van der Waals surface area contributed by atoms with Crippen molar-refractivity contribution in [2.75, 3.05) is 0 Å². The van der Waals surface area contributed by atoms with E-state index in [1.165, 1.54) is 111 Å². The quantitative estimate of drug-likeness (QED) is 0.152. The van der Waals surface area contributed by atoms with Crippen LogP contribution < -0.4 is 18.9 Å². The average molecular weight is 911 g/mol. The summed E-state index contributed by atoms with van der Waals surface area (Å²) in [6.07, 6.45) is 6.43. The highest BCUT2D eigenvalue weighted by Gasteiger charge is 2.35. The monoisotopic (exact) mass is 910 g/mol. The predicted molar refractivity (Wildman–Crippen MR) is 283 cm³/mol. The normalized spacial score (nSPS) is 13.3. The molecule has 13 rings (SSSR count). The Morgan fingerprint density at radius 3 is 0.800 bits per heavy atom. The van der Waals surface area contributed by atoms with Crippen molar-refractivity contribution in [3.8, 4) is 90.5 Å². The van der Waals surface area contributed by atoms with Crippen molar-refractivity contribution in [1.82, 2.24) is 0 Å². The van der Waals surface area contributed by atoms with Gasteiger partial charge in [0.1, 0.15) is 46.0 Å². The van der Waals surface area contributed by atoms with E-state index in [1.54, 1.807) is 0 Å². The molecule has 0 atom stereocenters. The molecule has 4 heterocycles. The van der Waals surface area contributed by atoms with Gasteiger partial charge in [-0.05, 0) is 163 Å². The van der Waals surface area contributed by atoms with Crippen molar-refractivity contribution < 1.29 is 18.9 Å². The fourth-order valence-electron chi connectivity index (χ4n) is 12.0. The van der Waals surface area contributed by atoms with Gasteiger partial charge in [0, 0.05) is 47.9 Å². The first kappa shape index (κ1) is 42.3. The lowest BCUT2D eigenvalue weighted by molar-refractivity contribution is 0.459. The van der Waals surface area contributed by atoms with Crippen molar-refractivity contribution in [1.29, 1.82) is 0 Å². The molecule has 9 aromatic carbocycles. The molecule has 4 aliphatic heterocycles. The van der Waals surface area contributed by atoms with Gasteiger partial charge in [0.05, 0.1) is 0 Å². The van der Waals surface area contributed by atoms with Gasteiger partial charge < -0.3 is 18.9 Å². The van der Waals surface area contributed by atoms with Gasteiger partial charge in [0.15, 0.2) is 0 Å². The first-order valence-electron chi connectivity index (χ1n) is 25.3. The van der Waals surface area contributed by atoms with Crippen LogP contribution in [0.1, 0.15) is 94.5 Å². The summed E-state index contributed by atoms with van der Waals surface area (Å²) in [5.41, 5.74) is 24.7.